The number of benzene rings is 1. The van der Waals surface area contributed by atoms with Crippen molar-refractivity contribution in [3.05, 3.63) is 35.2 Å². The Bertz CT molecular complexity index is 1380. The van der Waals surface area contributed by atoms with Gasteiger partial charge in [0.2, 0.25) is 15.9 Å². The van der Waals surface area contributed by atoms with E-state index in [0.29, 0.717) is 21.3 Å². The van der Waals surface area contributed by atoms with E-state index in [4.69, 9.17) is 11.6 Å². The summed E-state index contributed by atoms with van der Waals surface area (Å²) >= 11 is 7.44. The molecule has 36 heavy (non-hydrogen) atoms. The monoisotopic (exact) mass is 564 g/mol. The van der Waals surface area contributed by atoms with Gasteiger partial charge in [0, 0.05) is 26.2 Å². The van der Waals surface area contributed by atoms with Gasteiger partial charge in [0.25, 0.3) is 0 Å². The Kier molecular flexibility index (Phi) is 7.28. The molecule has 1 amide bonds. The van der Waals surface area contributed by atoms with Gasteiger partial charge >= 0.3 is 6.36 Å². The van der Waals surface area contributed by atoms with Crippen LogP contribution in [0, 0.1) is 6.92 Å². The lowest BCUT2D eigenvalue weighted by molar-refractivity contribution is -0.274. The number of halogens is 4. The van der Waals surface area contributed by atoms with Gasteiger partial charge in [-0.05, 0) is 38.1 Å². The second kappa shape index (κ2) is 9.95. The molecule has 0 bridgehead atoms. The summed E-state index contributed by atoms with van der Waals surface area (Å²) in [6.07, 6.45) is -4.91. The van der Waals surface area contributed by atoms with E-state index in [0.717, 1.165) is 28.6 Å². The van der Waals surface area contributed by atoms with Gasteiger partial charge in [-0.1, -0.05) is 22.9 Å². The number of nitrogens with one attached hydrogen (secondary N) is 1. The maximum Gasteiger partial charge on any atom is 0.573 e. The van der Waals surface area contributed by atoms with E-state index >= 15 is 0 Å². The lowest BCUT2D eigenvalue weighted by atomic mass is 10.2. The van der Waals surface area contributed by atoms with Crippen molar-refractivity contribution >= 4 is 54.3 Å². The maximum absolute atomic E-state index is 13.4. The van der Waals surface area contributed by atoms with Crippen LogP contribution in [0.5, 0.6) is 5.75 Å². The number of aryl methyl sites for hydroxylation is 1. The van der Waals surface area contributed by atoms with Crippen LogP contribution in [0.1, 0.15) is 12.7 Å². The first-order valence-corrected chi connectivity index (χ1v) is 13.2. The third-order valence-electron chi connectivity index (χ3n) is 5.23. The molecule has 0 unspecified atom stereocenters. The van der Waals surface area contributed by atoms with Crippen molar-refractivity contribution in [2.45, 2.75) is 31.1 Å². The molecule has 16 heteroatoms. The highest BCUT2D eigenvalue weighted by atomic mass is 35.5. The highest BCUT2D eigenvalue weighted by Crippen LogP contribution is 2.34. The molecule has 2 aromatic heterocycles. The van der Waals surface area contributed by atoms with E-state index in [1.54, 1.807) is 18.7 Å². The van der Waals surface area contributed by atoms with E-state index in [9.17, 15) is 26.4 Å². The molecule has 0 saturated carbocycles. The summed E-state index contributed by atoms with van der Waals surface area (Å²) in [6.45, 7) is 3.78. The van der Waals surface area contributed by atoms with Gasteiger partial charge in [0.1, 0.15) is 22.3 Å². The largest absolute Gasteiger partial charge is 0.573 e. The average molecular weight is 565 g/mol. The zero-order chi connectivity index (χ0) is 26.3. The number of carbonyl (C=O) groups excluding carboxylic acids is 1. The molecule has 4 rings (SSSR count). The Balaban J connectivity index is 1.62. The molecule has 10 nitrogen and oxygen atoms in total. The molecule has 1 aromatic carbocycles. The summed E-state index contributed by atoms with van der Waals surface area (Å²) in [5, 5.41) is 3.40. The van der Waals surface area contributed by atoms with Gasteiger partial charge < -0.3 is 15.0 Å². The number of carbonyl (C=O) groups is 1. The Labute approximate surface area is 213 Å². The van der Waals surface area contributed by atoms with Gasteiger partial charge in [-0.3, -0.25) is 4.79 Å². The third-order valence-corrected chi connectivity index (χ3v) is 8.65. The molecule has 3 aromatic rings. The maximum atomic E-state index is 13.4. The van der Waals surface area contributed by atoms with Crippen molar-refractivity contribution in [2.24, 2.45) is 0 Å². The Hall–Kier alpha value is -2.75. The minimum atomic E-state index is -4.91. The average Bonchev–Trinajstić information content (AvgIpc) is 3.22. The van der Waals surface area contributed by atoms with Crippen molar-refractivity contribution in [1.29, 1.82) is 0 Å². The molecule has 3 heterocycles. The second-order valence-electron chi connectivity index (χ2n) is 7.70. The van der Waals surface area contributed by atoms with E-state index < -0.39 is 34.1 Å². The Morgan fingerprint density at radius 2 is 1.92 bits per heavy atom. The van der Waals surface area contributed by atoms with E-state index in [1.807, 2.05) is 0 Å². The number of likely N-dealkylation sites (N-methyl/N-ethyl adjacent to an activating group) is 1. The van der Waals surface area contributed by atoms with Crippen LogP contribution in [0.3, 0.4) is 0 Å². The number of fused-ring (bicyclic) bond motifs is 1. The van der Waals surface area contributed by atoms with Crippen LogP contribution in [0.15, 0.2) is 29.2 Å². The highest BCUT2D eigenvalue weighted by Gasteiger charge is 2.41. The summed E-state index contributed by atoms with van der Waals surface area (Å²) in [5.41, 5.74) is 0.401. The molecule has 194 valence electrons. The van der Waals surface area contributed by atoms with Crippen LogP contribution in [0.25, 0.3) is 10.3 Å². The Morgan fingerprint density at radius 1 is 1.22 bits per heavy atom. The molecule has 1 saturated heterocycles. The third kappa shape index (κ3) is 5.48. The van der Waals surface area contributed by atoms with Crippen LogP contribution >= 0.6 is 22.9 Å². The summed E-state index contributed by atoms with van der Waals surface area (Å²) in [5.74, 6) is -0.621. The molecule has 1 aliphatic rings. The van der Waals surface area contributed by atoms with Crippen LogP contribution in [-0.2, 0) is 14.8 Å². The van der Waals surface area contributed by atoms with Crippen LogP contribution < -0.4 is 15.0 Å². The smallest absolute Gasteiger partial charge is 0.406 e. The zero-order valence-corrected chi connectivity index (χ0v) is 21.3. The van der Waals surface area contributed by atoms with Crippen LogP contribution in [-0.4, -0.2) is 72.2 Å². The predicted molar refractivity (Wildman–Crippen MR) is 127 cm³/mol. The molecule has 0 radical (unpaired) electrons. The minimum Gasteiger partial charge on any atom is -0.406 e. The standard InChI is InChI=1S/C20H20ClF3N6O4S2/c1-3-25-18(31)14-10-29(19-28-17-15(35-19)16(21)26-11(2)27-17)8-9-30(14)36(32,33)13-6-4-12(5-7-13)34-20(22,23)24/h4-7,14H,3,8-10H2,1-2H3,(H,25,31)/t14-/m1/s1. The van der Waals surface area contributed by atoms with E-state index in [2.05, 4.69) is 25.0 Å². The molecule has 1 N–H and O–H groups in total. The number of ether oxygens (including phenoxy) is 1. The topological polar surface area (TPSA) is 118 Å². The molecule has 1 fully saturated rings. The number of anilines is 1. The van der Waals surface area contributed by atoms with Gasteiger partial charge in [-0.25, -0.2) is 18.4 Å². The first kappa shape index (κ1) is 26.3. The quantitative estimate of drug-likeness (QED) is 0.454. The summed E-state index contributed by atoms with van der Waals surface area (Å²) in [4.78, 5) is 27.3. The number of piperazine rings is 1. The highest BCUT2D eigenvalue weighted by molar-refractivity contribution is 7.89. The second-order valence-corrected chi connectivity index (χ2v) is 10.9. The van der Waals surface area contributed by atoms with Crippen molar-refractivity contribution in [1.82, 2.24) is 24.6 Å². The molecule has 0 spiro atoms. The zero-order valence-electron chi connectivity index (χ0n) is 18.9. The van der Waals surface area contributed by atoms with Gasteiger partial charge in [-0.2, -0.15) is 9.29 Å². The number of hydrogen-bond acceptors (Lipinski definition) is 9. The fraction of sp³-hybridized carbons (Fsp3) is 0.400. The van der Waals surface area contributed by atoms with Crippen molar-refractivity contribution in [3.63, 3.8) is 0 Å². The number of alkyl halides is 3. The molecular formula is C20H20ClF3N6O4S2. The summed E-state index contributed by atoms with van der Waals surface area (Å²) in [6, 6.07) is 2.71. The van der Waals surface area contributed by atoms with E-state index in [1.165, 1.54) is 11.3 Å². The number of nitrogens with zero attached hydrogens (tertiary/aromatic N) is 5. The summed E-state index contributed by atoms with van der Waals surface area (Å²) < 4.78 is 69.5. The number of aromatic nitrogens is 3. The fourth-order valence-corrected chi connectivity index (χ4v) is 6.51. The van der Waals surface area contributed by atoms with Crippen molar-refractivity contribution < 1.29 is 31.1 Å². The van der Waals surface area contributed by atoms with E-state index in [-0.39, 0.29) is 36.2 Å². The fourth-order valence-electron chi connectivity index (χ4n) is 3.70. The number of rotatable bonds is 6. The number of amides is 1. The molecule has 0 aliphatic carbocycles. The summed E-state index contributed by atoms with van der Waals surface area (Å²) in [7, 11) is -4.23. The predicted octanol–water partition coefficient (Wildman–Crippen LogP) is 2.96. The lowest BCUT2D eigenvalue weighted by Crippen LogP contribution is -2.60. The Morgan fingerprint density at radius 3 is 2.56 bits per heavy atom. The SMILES string of the molecule is CCNC(=O)[C@H]1CN(c2nc3nc(C)nc(Cl)c3s2)CCN1S(=O)(=O)c1ccc(OC(F)(F)F)cc1. The van der Waals surface area contributed by atoms with Crippen molar-refractivity contribution in [2.75, 3.05) is 31.1 Å². The molecule has 1 atom stereocenters. The lowest BCUT2D eigenvalue weighted by Gasteiger charge is -2.39. The van der Waals surface area contributed by atoms with Crippen LogP contribution in [0.4, 0.5) is 18.3 Å². The normalized spacial score (nSPS) is 17.4. The van der Waals surface area contributed by atoms with Gasteiger partial charge in [-0.15, -0.1) is 13.2 Å². The number of thiazole rings is 1. The first-order chi connectivity index (χ1) is 16.9. The molecular weight excluding hydrogens is 545 g/mol. The number of sulfonamides is 1. The van der Waals surface area contributed by atoms with Crippen LogP contribution in [0.2, 0.25) is 5.15 Å². The molecule has 1 aliphatic heterocycles. The minimum absolute atomic E-state index is 0.00974. The number of hydrogen-bond donors (Lipinski definition) is 1. The first-order valence-electron chi connectivity index (χ1n) is 10.6. The van der Waals surface area contributed by atoms with Gasteiger partial charge in [0.05, 0.1) is 4.90 Å². The van der Waals surface area contributed by atoms with Crippen molar-refractivity contribution in [3.8, 4) is 5.75 Å². The van der Waals surface area contributed by atoms with Gasteiger partial charge in [0.15, 0.2) is 15.9 Å².